The molecule has 3 rings (SSSR count). The van der Waals surface area contributed by atoms with E-state index in [9.17, 15) is 4.79 Å². The number of hydrogen-bond acceptors (Lipinski definition) is 4. The van der Waals surface area contributed by atoms with E-state index in [4.69, 9.17) is 9.47 Å². The van der Waals surface area contributed by atoms with Crippen LogP contribution >= 0.6 is 0 Å². The molecular formula is C24H34N2O3. The molecule has 2 fully saturated rings. The van der Waals surface area contributed by atoms with Gasteiger partial charge in [0, 0.05) is 31.7 Å². The molecule has 0 N–H and O–H groups in total. The van der Waals surface area contributed by atoms with Crippen molar-refractivity contribution < 1.29 is 14.3 Å². The molecule has 0 aliphatic carbocycles. The molecule has 1 aromatic carbocycles. The molecule has 29 heavy (non-hydrogen) atoms. The van der Waals surface area contributed by atoms with Crippen LogP contribution in [0.2, 0.25) is 0 Å². The van der Waals surface area contributed by atoms with Crippen molar-refractivity contribution in [2.24, 2.45) is 0 Å². The lowest BCUT2D eigenvalue weighted by molar-refractivity contribution is -0.171. The van der Waals surface area contributed by atoms with Crippen molar-refractivity contribution in [3.8, 4) is 17.6 Å². The fourth-order valence-electron chi connectivity index (χ4n) is 4.39. The van der Waals surface area contributed by atoms with E-state index in [0.29, 0.717) is 6.61 Å². The summed E-state index contributed by atoms with van der Waals surface area (Å²) in [5, 5.41) is 0. The van der Waals surface area contributed by atoms with Crippen molar-refractivity contribution in [1.29, 1.82) is 0 Å². The van der Waals surface area contributed by atoms with E-state index in [2.05, 4.69) is 23.7 Å². The van der Waals surface area contributed by atoms with Crippen molar-refractivity contribution in [1.82, 2.24) is 9.80 Å². The third-order valence-corrected chi connectivity index (χ3v) is 6.01. The van der Waals surface area contributed by atoms with E-state index in [1.807, 2.05) is 43.9 Å². The summed E-state index contributed by atoms with van der Waals surface area (Å²) >= 11 is 0. The minimum atomic E-state index is -0.153. The Hall–Kier alpha value is -2.03. The van der Waals surface area contributed by atoms with Crippen LogP contribution in [0.15, 0.2) is 18.2 Å². The molecule has 2 heterocycles. The molecule has 0 saturated carbocycles. The van der Waals surface area contributed by atoms with E-state index in [1.54, 1.807) is 0 Å². The van der Waals surface area contributed by atoms with Gasteiger partial charge in [0.2, 0.25) is 0 Å². The molecule has 5 heteroatoms. The number of amides is 1. The minimum Gasteiger partial charge on any atom is -0.494 e. The van der Waals surface area contributed by atoms with Crippen LogP contribution in [0.3, 0.4) is 0 Å². The highest BCUT2D eigenvalue weighted by molar-refractivity contribution is 5.94. The zero-order valence-corrected chi connectivity index (χ0v) is 18.3. The fourth-order valence-corrected chi connectivity index (χ4v) is 4.39. The molecule has 2 aliphatic rings. The van der Waals surface area contributed by atoms with E-state index >= 15 is 0 Å². The molecule has 2 aliphatic heterocycles. The molecule has 1 spiro atoms. The standard InChI is InChI=1S/C24H34N2O3/c1-5-8-13-25-17-21(6-2)29-24(18-25)11-14-26(15-12-24)23(27)20-9-10-22(28-7-3)19(4)16-20/h9-10,16,21H,6-7,11-15,17-18H2,1-4H3. The van der Waals surface area contributed by atoms with Gasteiger partial charge in [0.1, 0.15) is 5.75 Å². The van der Waals surface area contributed by atoms with Crippen molar-refractivity contribution in [2.75, 3.05) is 39.3 Å². The van der Waals surface area contributed by atoms with Crippen LogP contribution in [0.25, 0.3) is 0 Å². The van der Waals surface area contributed by atoms with Crippen LogP contribution in [-0.2, 0) is 4.74 Å². The summed E-state index contributed by atoms with van der Waals surface area (Å²) in [5.41, 5.74) is 1.58. The molecule has 1 unspecified atom stereocenters. The summed E-state index contributed by atoms with van der Waals surface area (Å²) in [5.74, 6) is 7.14. The van der Waals surface area contributed by atoms with Crippen molar-refractivity contribution in [3.05, 3.63) is 29.3 Å². The van der Waals surface area contributed by atoms with Crippen LogP contribution in [0.1, 0.15) is 56.0 Å². The van der Waals surface area contributed by atoms with E-state index in [0.717, 1.165) is 68.9 Å². The second kappa shape index (κ2) is 9.65. The summed E-state index contributed by atoms with van der Waals surface area (Å²) < 4.78 is 12.1. The SMILES string of the molecule is CC#CCN1CC(CC)OC2(CCN(C(=O)c3ccc(OCC)c(C)c3)CC2)C1. The number of ether oxygens (including phenoxy) is 2. The lowest BCUT2D eigenvalue weighted by Gasteiger charge is -2.49. The van der Waals surface area contributed by atoms with Crippen LogP contribution in [0, 0.1) is 18.8 Å². The first kappa shape index (κ1) is 21.7. The number of piperidine rings is 1. The molecule has 5 nitrogen and oxygen atoms in total. The maximum Gasteiger partial charge on any atom is 0.253 e. The average molecular weight is 399 g/mol. The van der Waals surface area contributed by atoms with E-state index < -0.39 is 0 Å². The molecule has 1 atom stereocenters. The normalized spacial score (nSPS) is 21.5. The van der Waals surface area contributed by atoms with Gasteiger partial charge in [0.25, 0.3) is 5.91 Å². The number of carbonyl (C=O) groups excluding carboxylic acids is 1. The smallest absolute Gasteiger partial charge is 0.253 e. The van der Waals surface area contributed by atoms with Gasteiger partial charge < -0.3 is 14.4 Å². The highest BCUT2D eigenvalue weighted by atomic mass is 16.5. The van der Waals surface area contributed by atoms with Crippen LogP contribution in [-0.4, -0.2) is 66.7 Å². The monoisotopic (exact) mass is 398 g/mol. The second-order valence-electron chi connectivity index (χ2n) is 8.13. The Morgan fingerprint density at radius 3 is 2.69 bits per heavy atom. The maximum atomic E-state index is 13.0. The highest BCUT2D eigenvalue weighted by Gasteiger charge is 2.43. The van der Waals surface area contributed by atoms with Gasteiger partial charge in [-0.15, -0.1) is 5.92 Å². The first-order chi connectivity index (χ1) is 14.0. The summed E-state index contributed by atoms with van der Waals surface area (Å²) in [6, 6.07) is 5.72. The maximum absolute atomic E-state index is 13.0. The van der Waals surface area contributed by atoms with Gasteiger partial charge in [0.05, 0.1) is 24.9 Å². The minimum absolute atomic E-state index is 0.0996. The number of nitrogens with zero attached hydrogens (tertiary/aromatic N) is 2. The Morgan fingerprint density at radius 2 is 2.07 bits per heavy atom. The first-order valence-corrected chi connectivity index (χ1v) is 10.8. The quantitative estimate of drug-likeness (QED) is 0.712. The van der Waals surface area contributed by atoms with Gasteiger partial charge in [-0.2, -0.15) is 0 Å². The lowest BCUT2D eigenvalue weighted by atomic mass is 9.88. The molecule has 0 bridgehead atoms. The third-order valence-electron chi connectivity index (χ3n) is 6.01. The van der Waals surface area contributed by atoms with Crippen molar-refractivity contribution in [2.45, 2.75) is 58.7 Å². The zero-order chi connectivity index (χ0) is 20.9. The number of carbonyl (C=O) groups is 1. The highest BCUT2D eigenvalue weighted by Crippen LogP contribution is 2.33. The molecule has 2 saturated heterocycles. The van der Waals surface area contributed by atoms with Gasteiger partial charge in [0.15, 0.2) is 0 Å². The third kappa shape index (κ3) is 5.12. The molecule has 1 aromatic rings. The molecule has 0 aromatic heterocycles. The Labute approximate surface area is 175 Å². The Kier molecular flexibility index (Phi) is 7.21. The summed E-state index contributed by atoms with van der Waals surface area (Å²) in [6.45, 7) is 12.8. The van der Waals surface area contributed by atoms with E-state index in [-0.39, 0.29) is 17.6 Å². The lowest BCUT2D eigenvalue weighted by Crippen LogP contribution is -2.60. The number of morpholine rings is 1. The molecule has 158 valence electrons. The Balaban J connectivity index is 1.64. The number of aryl methyl sites for hydroxylation is 1. The van der Waals surface area contributed by atoms with E-state index in [1.165, 1.54) is 0 Å². The predicted octanol–water partition coefficient (Wildman–Crippen LogP) is 3.50. The summed E-state index contributed by atoms with van der Waals surface area (Å²) in [7, 11) is 0. The Bertz CT molecular complexity index is 772. The molecular weight excluding hydrogens is 364 g/mol. The molecule has 1 amide bonds. The Morgan fingerprint density at radius 1 is 1.31 bits per heavy atom. The second-order valence-corrected chi connectivity index (χ2v) is 8.13. The molecule has 0 radical (unpaired) electrons. The van der Waals surface area contributed by atoms with Crippen molar-refractivity contribution >= 4 is 5.91 Å². The predicted molar refractivity (Wildman–Crippen MR) is 115 cm³/mol. The summed E-state index contributed by atoms with van der Waals surface area (Å²) in [6.07, 6.45) is 3.01. The van der Waals surface area contributed by atoms with Crippen molar-refractivity contribution in [3.63, 3.8) is 0 Å². The van der Waals surface area contributed by atoms with Gasteiger partial charge >= 0.3 is 0 Å². The van der Waals surface area contributed by atoms with Gasteiger partial charge in [-0.3, -0.25) is 9.69 Å². The number of rotatable bonds is 5. The van der Waals surface area contributed by atoms with Crippen LogP contribution in [0.4, 0.5) is 0 Å². The average Bonchev–Trinajstić information content (AvgIpc) is 2.73. The summed E-state index contributed by atoms with van der Waals surface area (Å²) in [4.78, 5) is 17.4. The van der Waals surface area contributed by atoms with Crippen LogP contribution < -0.4 is 4.74 Å². The first-order valence-electron chi connectivity index (χ1n) is 10.8. The number of likely N-dealkylation sites (tertiary alicyclic amines) is 1. The van der Waals surface area contributed by atoms with Gasteiger partial charge in [-0.1, -0.05) is 12.8 Å². The zero-order valence-electron chi connectivity index (χ0n) is 18.3. The van der Waals surface area contributed by atoms with Crippen LogP contribution in [0.5, 0.6) is 5.75 Å². The number of benzene rings is 1. The number of hydrogen-bond donors (Lipinski definition) is 0. The van der Waals surface area contributed by atoms with Gasteiger partial charge in [-0.25, -0.2) is 0 Å². The van der Waals surface area contributed by atoms with Gasteiger partial charge in [-0.05, 0) is 63.8 Å². The topological polar surface area (TPSA) is 42.0 Å². The fraction of sp³-hybridized carbons (Fsp3) is 0.625. The largest absolute Gasteiger partial charge is 0.494 e.